The van der Waals surface area contributed by atoms with Crippen LogP contribution in [0, 0.1) is 0 Å². The first-order valence-electron chi connectivity index (χ1n) is 21.2. The molecule has 0 atom stereocenters. The van der Waals surface area contributed by atoms with Crippen molar-refractivity contribution in [2.24, 2.45) is 0 Å². The molecule has 0 unspecified atom stereocenters. The summed E-state index contributed by atoms with van der Waals surface area (Å²) >= 11 is 0. The van der Waals surface area contributed by atoms with E-state index in [1.165, 1.54) is 60.1 Å². The van der Waals surface area contributed by atoms with Crippen LogP contribution in [-0.4, -0.2) is 0 Å². The van der Waals surface area contributed by atoms with Crippen LogP contribution in [0.15, 0.2) is 227 Å². The third kappa shape index (κ3) is 5.23. The lowest BCUT2D eigenvalue weighted by Gasteiger charge is -2.18. The van der Waals surface area contributed by atoms with Crippen molar-refractivity contribution in [1.82, 2.24) is 0 Å². The summed E-state index contributed by atoms with van der Waals surface area (Å²) in [5.41, 5.74) is 15.1. The average Bonchev–Trinajstić information content (AvgIpc) is 3.93. The number of benzene rings is 11. The van der Waals surface area contributed by atoms with E-state index in [0.717, 1.165) is 71.7 Å². The molecule has 0 amide bonds. The lowest BCUT2D eigenvalue weighted by atomic mass is 9.84. The maximum atomic E-state index is 6.99. The van der Waals surface area contributed by atoms with E-state index in [1.807, 2.05) is 12.1 Å². The van der Waals surface area contributed by atoms with Crippen LogP contribution in [0.1, 0.15) is 0 Å². The van der Waals surface area contributed by atoms with Crippen molar-refractivity contribution >= 4 is 76.2 Å². The highest BCUT2D eigenvalue weighted by molar-refractivity contribution is 6.25. The van der Waals surface area contributed by atoms with E-state index in [2.05, 4.69) is 206 Å². The molecule has 0 aliphatic heterocycles. The normalized spacial score (nSPS) is 11.9. The molecule has 11 aromatic carbocycles. The van der Waals surface area contributed by atoms with Crippen molar-refractivity contribution in [3.63, 3.8) is 0 Å². The minimum Gasteiger partial charge on any atom is -0.455 e. The maximum absolute atomic E-state index is 6.99. The molecular weight excluding hydrogens is 753 g/mol. The SMILES string of the molecule is c1cc(-c2cccc3c2oc2ccccc23)cc(-c2ccc(-c3c4ccccc4c(-c4ccc(-c5cccc6ccccc56)cc4)c4ccccc34)c3oc4ccccc4c23)c1. The summed E-state index contributed by atoms with van der Waals surface area (Å²) in [5, 5.41) is 11.8. The van der Waals surface area contributed by atoms with E-state index in [4.69, 9.17) is 8.83 Å². The molecule has 13 rings (SSSR count). The van der Waals surface area contributed by atoms with Gasteiger partial charge >= 0.3 is 0 Å². The summed E-state index contributed by atoms with van der Waals surface area (Å²) in [7, 11) is 0. The predicted molar refractivity (Wildman–Crippen MR) is 261 cm³/mol. The molecule has 0 fully saturated rings. The largest absolute Gasteiger partial charge is 0.455 e. The number of hydrogen-bond acceptors (Lipinski definition) is 2. The van der Waals surface area contributed by atoms with Crippen molar-refractivity contribution < 1.29 is 8.83 Å². The van der Waals surface area contributed by atoms with Crippen molar-refractivity contribution in [3.8, 4) is 55.6 Å². The second-order valence-corrected chi connectivity index (χ2v) is 16.3. The first-order chi connectivity index (χ1) is 30.8. The molecule has 2 aromatic heterocycles. The maximum Gasteiger partial charge on any atom is 0.143 e. The highest BCUT2D eigenvalue weighted by Gasteiger charge is 2.23. The van der Waals surface area contributed by atoms with Gasteiger partial charge in [0.1, 0.15) is 22.3 Å². The van der Waals surface area contributed by atoms with E-state index >= 15 is 0 Å². The molecule has 0 radical (unpaired) electrons. The molecule has 0 spiro atoms. The van der Waals surface area contributed by atoms with Crippen LogP contribution in [-0.2, 0) is 0 Å². The number of fused-ring (bicyclic) bond motifs is 9. The van der Waals surface area contributed by atoms with E-state index < -0.39 is 0 Å². The fourth-order valence-electron chi connectivity index (χ4n) is 10.1. The molecule has 0 bridgehead atoms. The summed E-state index contributed by atoms with van der Waals surface area (Å²) in [5.74, 6) is 0. The van der Waals surface area contributed by atoms with Gasteiger partial charge in [-0.25, -0.2) is 0 Å². The highest BCUT2D eigenvalue weighted by atomic mass is 16.3. The highest BCUT2D eigenvalue weighted by Crippen LogP contribution is 2.49. The molecule has 2 heteroatoms. The molecule has 0 aliphatic rings. The Balaban J connectivity index is 1.01. The molecule has 288 valence electrons. The Morgan fingerprint density at radius 3 is 1.47 bits per heavy atom. The average molecular weight is 789 g/mol. The first-order valence-corrected chi connectivity index (χ1v) is 21.2. The number of hydrogen-bond donors (Lipinski definition) is 0. The van der Waals surface area contributed by atoms with E-state index in [9.17, 15) is 0 Å². The second-order valence-electron chi connectivity index (χ2n) is 16.3. The van der Waals surface area contributed by atoms with Crippen molar-refractivity contribution in [2.75, 3.05) is 0 Å². The van der Waals surface area contributed by atoms with E-state index in [1.54, 1.807) is 0 Å². The summed E-state index contributed by atoms with van der Waals surface area (Å²) in [6.45, 7) is 0. The predicted octanol–water partition coefficient (Wildman–Crippen LogP) is 17.3. The molecule has 0 saturated carbocycles. The minimum absolute atomic E-state index is 0.871. The van der Waals surface area contributed by atoms with Crippen molar-refractivity contribution in [3.05, 3.63) is 218 Å². The van der Waals surface area contributed by atoms with Gasteiger partial charge in [-0.15, -0.1) is 0 Å². The summed E-state index contributed by atoms with van der Waals surface area (Å²) in [6.07, 6.45) is 0. The van der Waals surface area contributed by atoms with Gasteiger partial charge in [-0.1, -0.05) is 194 Å². The lowest BCUT2D eigenvalue weighted by molar-refractivity contribution is 0.669. The summed E-state index contributed by atoms with van der Waals surface area (Å²) in [6, 6.07) is 78.6. The first kappa shape index (κ1) is 34.6. The van der Waals surface area contributed by atoms with Crippen molar-refractivity contribution in [1.29, 1.82) is 0 Å². The smallest absolute Gasteiger partial charge is 0.143 e. The second kappa shape index (κ2) is 13.7. The van der Waals surface area contributed by atoms with Gasteiger partial charge in [0.15, 0.2) is 0 Å². The zero-order chi connectivity index (χ0) is 40.7. The van der Waals surface area contributed by atoms with Crippen LogP contribution >= 0.6 is 0 Å². The number of furan rings is 2. The third-order valence-electron chi connectivity index (χ3n) is 12.9. The lowest BCUT2D eigenvalue weighted by Crippen LogP contribution is -1.92. The molecular formula is C60H36O2. The van der Waals surface area contributed by atoms with Gasteiger partial charge in [-0.05, 0) is 95.5 Å². The topological polar surface area (TPSA) is 26.3 Å². The number of para-hydroxylation sites is 3. The quantitative estimate of drug-likeness (QED) is 0.162. The minimum atomic E-state index is 0.871. The Kier molecular flexibility index (Phi) is 7.64. The zero-order valence-electron chi connectivity index (χ0n) is 33.6. The van der Waals surface area contributed by atoms with Crippen LogP contribution in [0.4, 0.5) is 0 Å². The third-order valence-corrected chi connectivity index (χ3v) is 12.9. The Hall–Kier alpha value is -8.20. The van der Waals surface area contributed by atoms with Gasteiger partial charge in [0, 0.05) is 38.2 Å². The van der Waals surface area contributed by atoms with Gasteiger partial charge in [0.2, 0.25) is 0 Å². The Labute approximate surface area is 357 Å². The molecule has 2 nitrogen and oxygen atoms in total. The van der Waals surface area contributed by atoms with E-state index in [0.29, 0.717) is 0 Å². The zero-order valence-corrected chi connectivity index (χ0v) is 33.6. The summed E-state index contributed by atoms with van der Waals surface area (Å²) in [4.78, 5) is 0. The Morgan fingerprint density at radius 2 is 0.726 bits per heavy atom. The van der Waals surface area contributed by atoms with Gasteiger partial charge < -0.3 is 8.83 Å². The summed E-state index contributed by atoms with van der Waals surface area (Å²) < 4.78 is 13.5. The van der Waals surface area contributed by atoms with Gasteiger partial charge in [-0.2, -0.15) is 0 Å². The van der Waals surface area contributed by atoms with Gasteiger partial charge in [-0.3, -0.25) is 0 Å². The number of rotatable bonds is 5. The molecule has 62 heavy (non-hydrogen) atoms. The fourth-order valence-corrected chi connectivity index (χ4v) is 10.1. The van der Waals surface area contributed by atoms with Crippen LogP contribution in [0.5, 0.6) is 0 Å². The van der Waals surface area contributed by atoms with Crippen LogP contribution in [0.3, 0.4) is 0 Å². The van der Waals surface area contributed by atoms with Crippen molar-refractivity contribution in [2.45, 2.75) is 0 Å². The van der Waals surface area contributed by atoms with Gasteiger partial charge in [0.05, 0.1) is 0 Å². The molecule has 0 aliphatic carbocycles. The van der Waals surface area contributed by atoms with Crippen LogP contribution in [0.25, 0.3) is 132 Å². The fraction of sp³-hybridized carbons (Fsp3) is 0. The molecule has 13 aromatic rings. The molecule has 0 N–H and O–H groups in total. The molecule has 0 saturated heterocycles. The van der Waals surface area contributed by atoms with Gasteiger partial charge in [0.25, 0.3) is 0 Å². The standard InChI is InChI=1S/C60H36O2/c1-2-18-42-37(14-1)15-12-25-43(42)38-30-32-39(33-31-38)56-47-20-3-5-22-49(47)57(50-23-6-4-21-48(50)56)53-35-34-44(58-52-24-8-10-29-55(52)62-60(53)58)40-16-11-17-41(36-40)45-26-13-27-51-46-19-7-9-28-54(46)61-59(45)51/h1-36H. The van der Waals surface area contributed by atoms with Crippen LogP contribution in [0.2, 0.25) is 0 Å². The molecule has 2 heterocycles. The Bertz CT molecular complexity index is 3860. The monoisotopic (exact) mass is 788 g/mol. The Morgan fingerprint density at radius 1 is 0.242 bits per heavy atom. The van der Waals surface area contributed by atoms with Crippen LogP contribution < -0.4 is 0 Å². The van der Waals surface area contributed by atoms with E-state index in [-0.39, 0.29) is 0 Å².